The van der Waals surface area contributed by atoms with Crippen molar-refractivity contribution in [2.24, 2.45) is 0 Å². The number of rotatable bonds is 6. The number of aromatic nitrogens is 4. The van der Waals surface area contributed by atoms with Crippen molar-refractivity contribution < 1.29 is 14.0 Å². The van der Waals surface area contributed by atoms with E-state index in [9.17, 15) is 4.55 Å². The van der Waals surface area contributed by atoms with E-state index < -0.39 is 11.2 Å². The minimum Gasteiger partial charge on any atom is -0.609 e. The molecule has 8 heteroatoms. The summed E-state index contributed by atoms with van der Waals surface area (Å²) in [6.07, 6.45) is 2.27. The molecule has 0 spiro atoms. The molecule has 0 aromatic carbocycles. The molecule has 0 bridgehead atoms. The fourth-order valence-corrected chi connectivity index (χ4v) is 3.61. The van der Waals surface area contributed by atoms with E-state index in [4.69, 9.17) is 9.47 Å². The second-order valence-corrected chi connectivity index (χ2v) is 7.09. The van der Waals surface area contributed by atoms with Gasteiger partial charge in [-0.1, -0.05) is 0 Å². The summed E-state index contributed by atoms with van der Waals surface area (Å²) in [5.41, 5.74) is 3.97. The Bertz CT molecular complexity index is 897. The van der Waals surface area contributed by atoms with E-state index >= 15 is 0 Å². The highest BCUT2D eigenvalue weighted by Crippen LogP contribution is 2.23. The van der Waals surface area contributed by atoms with Crippen LogP contribution in [-0.4, -0.2) is 44.5 Å². The summed E-state index contributed by atoms with van der Waals surface area (Å²) in [6, 6.07) is 3.68. The number of methoxy groups -OCH3 is 2. The van der Waals surface area contributed by atoms with Crippen molar-refractivity contribution in [3.05, 3.63) is 35.2 Å². The first-order valence-electron chi connectivity index (χ1n) is 7.81. The fraction of sp³-hybridized carbons (Fsp3) is 0.353. The number of fused-ring (bicyclic) bond motifs is 1. The van der Waals surface area contributed by atoms with Gasteiger partial charge in [0.05, 0.1) is 19.9 Å². The molecule has 3 rings (SSSR count). The normalized spacial score (nSPS) is 12.4. The van der Waals surface area contributed by atoms with Crippen molar-refractivity contribution in [3.63, 3.8) is 0 Å². The van der Waals surface area contributed by atoms with Gasteiger partial charge in [-0.25, -0.2) is 0 Å². The average molecular weight is 360 g/mol. The van der Waals surface area contributed by atoms with Gasteiger partial charge < -0.3 is 14.0 Å². The number of imidazole rings is 1. The van der Waals surface area contributed by atoms with Gasteiger partial charge in [0, 0.05) is 34.9 Å². The van der Waals surface area contributed by atoms with Gasteiger partial charge in [-0.05, 0) is 26.0 Å². The van der Waals surface area contributed by atoms with Crippen molar-refractivity contribution in [3.8, 4) is 11.6 Å². The standard InChI is InChI=1S/C17H20N4O3S/c1-10-9-13-15(20-16(10)24-4)21-17(19-13)25(22)8-6-12-11(2)14(23-3)5-7-18-12/h5,7,9H,6,8H2,1-4H3,(H,19,20,21). The van der Waals surface area contributed by atoms with Crippen LogP contribution in [0.5, 0.6) is 11.6 Å². The van der Waals surface area contributed by atoms with Crippen LogP contribution in [-0.2, 0) is 17.6 Å². The van der Waals surface area contributed by atoms with Gasteiger partial charge in [-0.2, -0.15) is 9.97 Å². The topological polar surface area (TPSA) is 96.0 Å². The number of H-pyrrole nitrogens is 1. The van der Waals surface area contributed by atoms with Gasteiger partial charge in [-0.15, -0.1) is 0 Å². The minimum absolute atomic E-state index is 0.413. The van der Waals surface area contributed by atoms with Crippen molar-refractivity contribution in [2.45, 2.75) is 25.4 Å². The van der Waals surface area contributed by atoms with Crippen molar-refractivity contribution in [2.75, 3.05) is 20.0 Å². The number of ether oxygens (including phenoxy) is 2. The van der Waals surface area contributed by atoms with Crippen LogP contribution in [0, 0.1) is 13.8 Å². The SMILES string of the molecule is COc1ccnc(CC[S+]([O-])c2nc3cc(C)c(OC)nc3[nH]2)c1C. The molecule has 3 aromatic heterocycles. The lowest BCUT2D eigenvalue weighted by atomic mass is 10.1. The molecule has 0 aliphatic carbocycles. The van der Waals surface area contributed by atoms with Gasteiger partial charge in [0.25, 0.3) is 0 Å². The van der Waals surface area contributed by atoms with Crippen molar-refractivity contribution >= 4 is 22.3 Å². The summed E-state index contributed by atoms with van der Waals surface area (Å²) in [5.74, 6) is 1.73. The molecule has 0 aliphatic heterocycles. The first-order valence-corrected chi connectivity index (χ1v) is 9.13. The Morgan fingerprint density at radius 3 is 2.72 bits per heavy atom. The Labute approximate surface area is 149 Å². The number of nitrogens with one attached hydrogen (secondary N) is 1. The fourth-order valence-electron chi connectivity index (χ4n) is 2.63. The van der Waals surface area contributed by atoms with Crippen LogP contribution in [0.3, 0.4) is 0 Å². The maximum Gasteiger partial charge on any atom is 0.322 e. The van der Waals surface area contributed by atoms with Crippen molar-refractivity contribution in [1.29, 1.82) is 0 Å². The maximum atomic E-state index is 12.6. The molecule has 3 heterocycles. The second kappa shape index (κ2) is 7.28. The van der Waals surface area contributed by atoms with E-state index in [1.54, 1.807) is 20.4 Å². The smallest absolute Gasteiger partial charge is 0.322 e. The number of pyridine rings is 2. The third-order valence-electron chi connectivity index (χ3n) is 4.01. The number of aromatic amines is 1. The molecular formula is C17H20N4O3S. The first kappa shape index (κ1) is 17.5. The number of hydrogen-bond acceptors (Lipinski definition) is 6. The highest BCUT2D eigenvalue weighted by molar-refractivity contribution is 7.91. The molecule has 3 aromatic rings. The van der Waals surface area contributed by atoms with Gasteiger partial charge in [0.1, 0.15) is 17.0 Å². The molecule has 0 radical (unpaired) electrons. The van der Waals surface area contributed by atoms with Crippen LogP contribution < -0.4 is 9.47 Å². The molecule has 0 amide bonds. The Kier molecular flexibility index (Phi) is 5.10. The average Bonchev–Trinajstić information content (AvgIpc) is 3.02. The van der Waals surface area contributed by atoms with Gasteiger partial charge >= 0.3 is 5.16 Å². The molecule has 132 valence electrons. The lowest BCUT2D eigenvalue weighted by Crippen LogP contribution is -2.12. The lowest BCUT2D eigenvalue weighted by molar-refractivity contribution is 0.396. The Morgan fingerprint density at radius 1 is 1.20 bits per heavy atom. The zero-order valence-corrected chi connectivity index (χ0v) is 15.4. The third-order valence-corrected chi connectivity index (χ3v) is 5.21. The Hall–Kier alpha value is -2.32. The number of hydrogen-bond donors (Lipinski definition) is 1. The van der Waals surface area contributed by atoms with Gasteiger partial charge in [0.15, 0.2) is 5.65 Å². The molecule has 7 nitrogen and oxygen atoms in total. The summed E-state index contributed by atoms with van der Waals surface area (Å²) in [4.78, 5) is 16.1. The summed E-state index contributed by atoms with van der Waals surface area (Å²) < 4.78 is 23.1. The monoisotopic (exact) mass is 360 g/mol. The molecule has 25 heavy (non-hydrogen) atoms. The molecular weight excluding hydrogens is 340 g/mol. The minimum atomic E-state index is -1.28. The van der Waals surface area contributed by atoms with E-state index in [2.05, 4.69) is 19.9 Å². The summed E-state index contributed by atoms with van der Waals surface area (Å²) in [6.45, 7) is 3.85. The Balaban J connectivity index is 1.77. The number of nitrogens with zero attached hydrogens (tertiary/aromatic N) is 3. The first-order chi connectivity index (χ1) is 12.0. The molecule has 0 fully saturated rings. The van der Waals surface area contributed by atoms with E-state index in [1.807, 2.05) is 26.0 Å². The largest absolute Gasteiger partial charge is 0.609 e. The highest BCUT2D eigenvalue weighted by atomic mass is 32.2. The predicted octanol–water partition coefficient (Wildman–Crippen LogP) is 2.34. The van der Waals surface area contributed by atoms with E-state index in [1.165, 1.54) is 0 Å². The van der Waals surface area contributed by atoms with E-state index in [0.717, 1.165) is 22.6 Å². The van der Waals surface area contributed by atoms with Crippen LogP contribution in [0.15, 0.2) is 23.5 Å². The lowest BCUT2D eigenvalue weighted by Gasteiger charge is -2.10. The molecule has 1 unspecified atom stereocenters. The molecule has 0 aliphatic rings. The van der Waals surface area contributed by atoms with Crippen LogP contribution in [0.25, 0.3) is 11.2 Å². The van der Waals surface area contributed by atoms with E-state index in [0.29, 0.717) is 34.4 Å². The van der Waals surface area contributed by atoms with Gasteiger partial charge in [-0.3, -0.25) is 9.97 Å². The quantitative estimate of drug-likeness (QED) is 0.678. The van der Waals surface area contributed by atoms with Crippen LogP contribution >= 0.6 is 0 Å². The van der Waals surface area contributed by atoms with Crippen LogP contribution in [0.2, 0.25) is 0 Å². The maximum absolute atomic E-state index is 12.6. The molecule has 1 atom stereocenters. The second-order valence-electron chi connectivity index (χ2n) is 5.61. The van der Waals surface area contributed by atoms with Crippen molar-refractivity contribution in [1.82, 2.24) is 19.9 Å². The Morgan fingerprint density at radius 2 is 2.00 bits per heavy atom. The zero-order chi connectivity index (χ0) is 18.0. The third kappa shape index (κ3) is 3.54. The number of aryl methyl sites for hydroxylation is 2. The van der Waals surface area contributed by atoms with E-state index in [-0.39, 0.29) is 0 Å². The molecule has 0 saturated heterocycles. The van der Waals surface area contributed by atoms with Crippen LogP contribution in [0.1, 0.15) is 16.8 Å². The van der Waals surface area contributed by atoms with Gasteiger partial charge in [0.2, 0.25) is 5.88 Å². The zero-order valence-electron chi connectivity index (χ0n) is 14.6. The highest BCUT2D eigenvalue weighted by Gasteiger charge is 2.19. The summed E-state index contributed by atoms with van der Waals surface area (Å²) in [7, 11) is 3.20. The summed E-state index contributed by atoms with van der Waals surface area (Å²) >= 11 is -1.28. The molecule has 0 saturated carbocycles. The molecule has 1 N–H and O–H groups in total. The summed E-state index contributed by atoms with van der Waals surface area (Å²) in [5, 5.41) is 0.413. The predicted molar refractivity (Wildman–Crippen MR) is 95.7 cm³/mol. The van der Waals surface area contributed by atoms with Crippen LogP contribution in [0.4, 0.5) is 0 Å².